The minimum Gasteiger partial charge on any atom is -0.486 e. The van der Waals surface area contributed by atoms with Crippen molar-refractivity contribution in [1.29, 1.82) is 0 Å². The van der Waals surface area contributed by atoms with Crippen molar-refractivity contribution in [1.82, 2.24) is 9.29 Å². The summed E-state index contributed by atoms with van der Waals surface area (Å²) in [5.74, 6) is 0.620. The smallest absolute Gasteiger partial charge is 0.243 e. The molecule has 7 nitrogen and oxygen atoms in total. The monoisotopic (exact) mass is 486 g/mol. The SMILES string of the molecule is CCc1ccc(OCC(=O)Cc2nc(-c3ccc(S(=O)(=O)N4CCOCC4)cc3)cs2)cc1. The van der Waals surface area contributed by atoms with E-state index in [1.165, 1.54) is 21.2 Å². The van der Waals surface area contributed by atoms with Gasteiger partial charge < -0.3 is 9.47 Å². The summed E-state index contributed by atoms with van der Waals surface area (Å²) in [5, 5.41) is 2.57. The number of ketones is 1. The zero-order valence-corrected chi connectivity index (χ0v) is 20.0. The second-order valence-corrected chi connectivity index (χ2v) is 10.5. The molecule has 0 spiro atoms. The molecule has 1 fully saturated rings. The Morgan fingerprint density at radius 1 is 1.09 bits per heavy atom. The van der Waals surface area contributed by atoms with Gasteiger partial charge in [-0.3, -0.25) is 4.79 Å². The predicted molar refractivity (Wildman–Crippen MR) is 127 cm³/mol. The summed E-state index contributed by atoms with van der Waals surface area (Å²) < 4.78 is 37.8. The fourth-order valence-electron chi connectivity index (χ4n) is 3.46. The van der Waals surface area contributed by atoms with Gasteiger partial charge in [0.2, 0.25) is 10.0 Å². The Hall–Kier alpha value is -2.59. The number of ether oxygens (including phenoxy) is 2. The molecule has 1 saturated heterocycles. The number of aryl methyl sites for hydroxylation is 1. The quantitative estimate of drug-likeness (QED) is 0.460. The molecule has 1 aliphatic rings. The third-order valence-electron chi connectivity index (χ3n) is 5.39. The first-order valence-corrected chi connectivity index (χ1v) is 13.1. The topological polar surface area (TPSA) is 85.8 Å². The first-order valence-electron chi connectivity index (χ1n) is 10.8. The number of morpholine rings is 1. The zero-order valence-electron chi connectivity index (χ0n) is 18.4. The lowest BCUT2D eigenvalue weighted by molar-refractivity contribution is -0.120. The normalized spacial score (nSPS) is 14.8. The molecule has 0 amide bonds. The van der Waals surface area contributed by atoms with Crippen molar-refractivity contribution in [2.45, 2.75) is 24.7 Å². The van der Waals surface area contributed by atoms with Crippen LogP contribution in [-0.4, -0.2) is 56.4 Å². The Bertz CT molecular complexity index is 1180. The predicted octanol–water partition coefficient (Wildman–Crippen LogP) is 3.58. The van der Waals surface area contributed by atoms with E-state index >= 15 is 0 Å². The van der Waals surface area contributed by atoms with Crippen molar-refractivity contribution in [3.8, 4) is 17.0 Å². The number of carbonyl (C=O) groups is 1. The highest BCUT2D eigenvalue weighted by Crippen LogP contribution is 2.25. The molecule has 9 heteroatoms. The number of aromatic nitrogens is 1. The van der Waals surface area contributed by atoms with Crippen LogP contribution in [0.15, 0.2) is 58.8 Å². The average Bonchev–Trinajstić information content (AvgIpc) is 3.32. The highest BCUT2D eigenvalue weighted by molar-refractivity contribution is 7.89. The highest BCUT2D eigenvalue weighted by atomic mass is 32.2. The molecule has 33 heavy (non-hydrogen) atoms. The second kappa shape index (κ2) is 10.6. The summed E-state index contributed by atoms with van der Waals surface area (Å²) >= 11 is 1.40. The van der Waals surface area contributed by atoms with Gasteiger partial charge >= 0.3 is 0 Å². The van der Waals surface area contributed by atoms with E-state index in [2.05, 4.69) is 11.9 Å². The maximum atomic E-state index is 12.8. The third-order valence-corrected chi connectivity index (χ3v) is 8.15. The lowest BCUT2D eigenvalue weighted by atomic mass is 10.2. The van der Waals surface area contributed by atoms with Crippen LogP contribution in [0.5, 0.6) is 5.75 Å². The van der Waals surface area contributed by atoms with E-state index < -0.39 is 10.0 Å². The van der Waals surface area contributed by atoms with Crippen LogP contribution in [0.4, 0.5) is 0 Å². The van der Waals surface area contributed by atoms with Crippen molar-refractivity contribution in [2.75, 3.05) is 32.9 Å². The van der Waals surface area contributed by atoms with Gasteiger partial charge in [0, 0.05) is 24.0 Å². The van der Waals surface area contributed by atoms with Gasteiger partial charge in [0.1, 0.15) is 17.4 Å². The van der Waals surface area contributed by atoms with E-state index in [9.17, 15) is 13.2 Å². The van der Waals surface area contributed by atoms with E-state index in [-0.39, 0.29) is 23.7 Å². The first kappa shape index (κ1) is 23.6. The molecule has 2 aromatic carbocycles. The van der Waals surface area contributed by atoms with Crippen LogP contribution < -0.4 is 4.74 Å². The zero-order chi connectivity index (χ0) is 23.3. The molecule has 0 aliphatic carbocycles. The first-order chi connectivity index (χ1) is 16.0. The molecule has 1 aliphatic heterocycles. The molecule has 0 bridgehead atoms. The number of rotatable bonds is 9. The molecule has 0 saturated carbocycles. The number of Topliss-reactive ketones (excluding diaryl/α,β-unsaturated/α-hetero) is 1. The minimum atomic E-state index is -3.53. The van der Waals surface area contributed by atoms with Crippen molar-refractivity contribution in [3.05, 3.63) is 64.5 Å². The molecule has 0 N–H and O–H groups in total. The molecule has 3 aromatic rings. The van der Waals surface area contributed by atoms with E-state index in [1.54, 1.807) is 24.3 Å². The minimum absolute atomic E-state index is 0.00547. The Balaban J connectivity index is 1.35. The van der Waals surface area contributed by atoms with E-state index in [0.717, 1.165) is 12.0 Å². The van der Waals surface area contributed by atoms with Gasteiger partial charge in [0.15, 0.2) is 5.78 Å². The maximum absolute atomic E-state index is 12.8. The van der Waals surface area contributed by atoms with Crippen molar-refractivity contribution >= 4 is 27.1 Å². The van der Waals surface area contributed by atoms with E-state index in [4.69, 9.17) is 9.47 Å². The number of nitrogens with zero attached hydrogens (tertiary/aromatic N) is 2. The summed E-state index contributed by atoms with van der Waals surface area (Å²) in [6, 6.07) is 14.4. The van der Waals surface area contributed by atoms with Crippen molar-refractivity contribution < 1.29 is 22.7 Å². The molecule has 4 rings (SSSR count). The Labute approximate surface area is 198 Å². The molecule has 0 unspecified atom stereocenters. The summed E-state index contributed by atoms with van der Waals surface area (Å²) in [4.78, 5) is 17.1. The van der Waals surface area contributed by atoms with Gasteiger partial charge in [-0.2, -0.15) is 4.31 Å². The second-order valence-electron chi connectivity index (χ2n) is 7.67. The lowest BCUT2D eigenvalue weighted by Crippen LogP contribution is -2.40. The summed E-state index contributed by atoms with van der Waals surface area (Å²) in [5.41, 5.74) is 2.74. The van der Waals surface area contributed by atoms with Gasteiger partial charge in [0.25, 0.3) is 0 Å². The fourth-order valence-corrected chi connectivity index (χ4v) is 5.70. The Morgan fingerprint density at radius 2 is 1.79 bits per heavy atom. The number of thiazole rings is 1. The maximum Gasteiger partial charge on any atom is 0.243 e. The van der Waals surface area contributed by atoms with Crippen LogP contribution in [-0.2, 0) is 32.4 Å². The molecule has 2 heterocycles. The number of carbonyl (C=O) groups excluding carboxylic acids is 1. The summed E-state index contributed by atoms with van der Waals surface area (Å²) in [6.07, 6.45) is 1.15. The van der Waals surface area contributed by atoms with Gasteiger partial charge in [-0.1, -0.05) is 31.2 Å². The molecular formula is C24H26N2O5S2. The van der Waals surface area contributed by atoms with E-state index in [1.807, 2.05) is 29.6 Å². The van der Waals surface area contributed by atoms with Gasteiger partial charge in [-0.25, -0.2) is 13.4 Å². The third kappa shape index (κ3) is 5.86. The summed E-state index contributed by atoms with van der Waals surface area (Å²) in [6.45, 7) is 3.63. The largest absolute Gasteiger partial charge is 0.486 e. The molecular weight excluding hydrogens is 460 g/mol. The highest BCUT2D eigenvalue weighted by Gasteiger charge is 2.26. The van der Waals surface area contributed by atoms with Crippen LogP contribution in [0.1, 0.15) is 17.5 Å². The van der Waals surface area contributed by atoms with Crippen LogP contribution in [0.3, 0.4) is 0 Å². The van der Waals surface area contributed by atoms with Crippen LogP contribution in [0.25, 0.3) is 11.3 Å². The Kier molecular flexibility index (Phi) is 7.54. The molecule has 174 valence electrons. The number of sulfonamides is 1. The Morgan fingerprint density at radius 3 is 2.45 bits per heavy atom. The number of benzene rings is 2. The van der Waals surface area contributed by atoms with Gasteiger partial charge in [-0.05, 0) is 36.2 Å². The standard InChI is InChI=1S/C24H26N2O5S2/c1-2-18-3-7-21(8-4-18)31-16-20(27)15-24-25-23(17-32-24)19-5-9-22(10-6-19)33(28,29)26-11-13-30-14-12-26/h3-10,17H,2,11-16H2,1H3. The number of hydrogen-bond donors (Lipinski definition) is 0. The fraction of sp³-hybridized carbons (Fsp3) is 0.333. The van der Waals surface area contributed by atoms with Gasteiger partial charge in [0.05, 0.1) is 30.2 Å². The molecule has 1 aromatic heterocycles. The lowest BCUT2D eigenvalue weighted by Gasteiger charge is -2.26. The molecule has 0 radical (unpaired) electrons. The van der Waals surface area contributed by atoms with Crippen LogP contribution >= 0.6 is 11.3 Å². The summed E-state index contributed by atoms with van der Waals surface area (Å²) in [7, 11) is -3.53. The average molecular weight is 487 g/mol. The van der Waals surface area contributed by atoms with Crippen LogP contribution in [0, 0.1) is 0 Å². The number of hydrogen-bond acceptors (Lipinski definition) is 7. The van der Waals surface area contributed by atoms with Crippen LogP contribution in [0.2, 0.25) is 0 Å². The van der Waals surface area contributed by atoms with E-state index in [0.29, 0.717) is 42.8 Å². The van der Waals surface area contributed by atoms with Crippen molar-refractivity contribution in [2.24, 2.45) is 0 Å². The van der Waals surface area contributed by atoms with Gasteiger partial charge in [-0.15, -0.1) is 11.3 Å². The van der Waals surface area contributed by atoms with Crippen molar-refractivity contribution in [3.63, 3.8) is 0 Å². The molecule has 0 atom stereocenters.